The molecule has 2 rings (SSSR count). The van der Waals surface area contributed by atoms with E-state index in [2.05, 4.69) is 38.1 Å². The van der Waals surface area contributed by atoms with E-state index in [-0.39, 0.29) is 0 Å². The molecule has 1 heteroatoms. The van der Waals surface area contributed by atoms with E-state index < -0.39 is 0 Å². The molecule has 0 radical (unpaired) electrons. The van der Waals surface area contributed by atoms with Gasteiger partial charge in [0.15, 0.2) is 0 Å². The van der Waals surface area contributed by atoms with E-state index in [1.165, 1.54) is 16.7 Å². The van der Waals surface area contributed by atoms with Crippen molar-refractivity contribution in [1.82, 2.24) is 0 Å². The van der Waals surface area contributed by atoms with Crippen molar-refractivity contribution in [2.45, 2.75) is 34.6 Å². The Balaban J connectivity index is 0.000000283. The van der Waals surface area contributed by atoms with Gasteiger partial charge in [0.1, 0.15) is 5.75 Å². The van der Waals surface area contributed by atoms with Gasteiger partial charge in [-0.25, -0.2) is 0 Å². The minimum Gasteiger partial charge on any atom is -0.508 e. The van der Waals surface area contributed by atoms with Crippen LogP contribution in [0.1, 0.15) is 30.5 Å². The SMILES string of the molecule is CC.Cc1ccc(O)cc1.Cc1cccc(C)c1. The van der Waals surface area contributed by atoms with Gasteiger partial charge >= 0.3 is 0 Å². The van der Waals surface area contributed by atoms with Crippen LogP contribution in [0.25, 0.3) is 0 Å². The highest BCUT2D eigenvalue weighted by Crippen LogP contribution is 2.07. The van der Waals surface area contributed by atoms with Gasteiger partial charge in [0, 0.05) is 0 Å². The zero-order valence-electron chi connectivity index (χ0n) is 12.1. The summed E-state index contributed by atoms with van der Waals surface area (Å²) in [6.07, 6.45) is 0. The van der Waals surface area contributed by atoms with Crippen molar-refractivity contribution in [2.75, 3.05) is 0 Å². The standard InChI is InChI=1S/C8H10.C7H8O.C2H6/c1-7-4-3-5-8(2)6-7;1-6-2-4-7(8)5-3-6;1-2/h3-6H,1-2H3;2-5,8H,1H3;1-2H3. The Morgan fingerprint density at radius 3 is 1.39 bits per heavy atom. The van der Waals surface area contributed by atoms with Crippen molar-refractivity contribution >= 4 is 0 Å². The monoisotopic (exact) mass is 244 g/mol. The number of phenolic OH excluding ortho intramolecular Hbond substituents is 1. The highest BCUT2D eigenvalue weighted by molar-refractivity contribution is 5.24. The summed E-state index contributed by atoms with van der Waals surface area (Å²) in [5.74, 6) is 0.329. The Kier molecular flexibility index (Phi) is 8.38. The van der Waals surface area contributed by atoms with Crippen LogP contribution in [0.3, 0.4) is 0 Å². The maximum atomic E-state index is 8.76. The highest BCUT2D eigenvalue weighted by Gasteiger charge is 1.82. The number of hydrogen-bond acceptors (Lipinski definition) is 1. The number of aromatic hydroxyl groups is 1. The van der Waals surface area contributed by atoms with Gasteiger partial charge in [-0.05, 0) is 32.9 Å². The summed E-state index contributed by atoms with van der Waals surface area (Å²) in [4.78, 5) is 0. The molecule has 0 aliphatic carbocycles. The second-order valence-corrected chi connectivity index (χ2v) is 3.99. The van der Waals surface area contributed by atoms with Crippen LogP contribution >= 0.6 is 0 Å². The minimum atomic E-state index is 0.329. The molecular formula is C17H24O. The summed E-state index contributed by atoms with van der Waals surface area (Å²) in [7, 11) is 0. The molecule has 0 bridgehead atoms. The second-order valence-electron chi connectivity index (χ2n) is 3.99. The number of benzene rings is 2. The smallest absolute Gasteiger partial charge is 0.115 e. The van der Waals surface area contributed by atoms with E-state index in [0.717, 1.165) is 0 Å². The van der Waals surface area contributed by atoms with Gasteiger partial charge in [-0.1, -0.05) is 66.9 Å². The molecule has 2 aromatic carbocycles. The van der Waals surface area contributed by atoms with Gasteiger partial charge in [0.05, 0.1) is 0 Å². The average Bonchev–Trinajstić information content (AvgIpc) is 2.36. The molecule has 18 heavy (non-hydrogen) atoms. The summed E-state index contributed by atoms with van der Waals surface area (Å²) in [5.41, 5.74) is 3.85. The molecule has 0 spiro atoms. The predicted octanol–water partition coefficient (Wildman–Crippen LogP) is 5.03. The quantitative estimate of drug-likeness (QED) is 0.689. The third kappa shape index (κ3) is 7.50. The molecule has 0 aromatic heterocycles. The molecule has 0 amide bonds. The van der Waals surface area contributed by atoms with Crippen molar-refractivity contribution in [1.29, 1.82) is 0 Å². The Bertz CT molecular complexity index is 391. The summed E-state index contributed by atoms with van der Waals surface area (Å²) < 4.78 is 0. The Morgan fingerprint density at radius 1 is 0.667 bits per heavy atom. The predicted molar refractivity (Wildman–Crippen MR) is 80.1 cm³/mol. The van der Waals surface area contributed by atoms with Crippen LogP contribution in [0.5, 0.6) is 5.75 Å². The molecule has 1 nitrogen and oxygen atoms in total. The van der Waals surface area contributed by atoms with Crippen LogP contribution in [0.4, 0.5) is 0 Å². The lowest BCUT2D eigenvalue weighted by molar-refractivity contribution is 0.475. The number of phenols is 1. The van der Waals surface area contributed by atoms with E-state index in [9.17, 15) is 0 Å². The first-order chi connectivity index (χ1) is 8.58. The summed E-state index contributed by atoms with van der Waals surface area (Å²) in [6, 6.07) is 15.5. The Hall–Kier alpha value is -1.76. The van der Waals surface area contributed by atoms with E-state index in [0.29, 0.717) is 5.75 Å². The van der Waals surface area contributed by atoms with Crippen LogP contribution in [-0.4, -0.2) is 5.11 Å². The van der Waals surface area contributed by atoms with Crippen LogP contribution < -0.4 is 0 Å². The fourth-order valence-corrected chi connectivity index (χ4v) is 1.35. The number of hydrogen-bond donors (Lipinski definition) is 1. The van der Waals surface area contributed by atoms with Crippen molar-refractivity contribution in [3.05, 3.63) is 65.2 Å². The average molecular weight is 244 g/mol. The van der Waals surface area contributed by atoms with Gasteiger partial charge in [-0.2, -0.15) is 0 Å². The van der Waals surface area contributed by atoms with Gasteiger partial charge < -0.3 is 5.11 Å². The van der Waals surface area contributed by atoms with E-state index in [4.69, 9.17) is 5.11 Å². The normalized spacial score (nSPS) is 8.50. The van der Waals surface area contributed by atoms with E-state index in [1.54, 1.807) is 12.1 Å². The first kappa shape index (κ1) is 16.2. The van der Waals surface area contributed by atoms with Gasteiger partial charge in [-0.15, -0.1) is 0 Å². The van der Waals surface area contributed by atoms with Crippen molar-refractivity contribution < 1.29 is 5.11 Å². The van der Waals surface area contributed by atoms with Crippen molar-refractivity contribution in [3.63, 3.8) is 0 Å². The molecule has 0 heterocycles. The molecule has 0 fully saturated rings. The zero-order valence-corrected chi connectivity index (χ0v) is 12.1. The number of rotatable bonds is 0. The fraction of sp³-hybridized carbons (Fsp3) is 0.294. The van der Waals surface area contributed by atoms with E-state index in [1.807, 2.05) is 32.9 Å². The number of aryl methyl sites for hydroxylation is 3. The second kappa shape index (κ2) is 9.29. The van der Waals surface area contributed by atoms with Gasteiger partial charge in [-0.3, -0.25) is 0 Å². The molecule has 0 atom stereocenters. The van der Waals surface area contributed by atoms with Crippen LogP contribution in [0.15, 0.2) is 48.5 Å². The molecule has 0 saturated heterocycles. The summed E-state index contributed by atoms with van der Waals surface area (Å²) in [5, 5.41) is 8.76. The molecule has 98 valence electrons. The third-order valence-corrected chi connectivity index (χ3v) is 2.21. The van der Waals surface area contributed by atoms with Gasteiger partial charge in [0.25, 0.3) is 0 Å². The first-order valence-corrected chi connectivity index (χ1v) is 6.37. The molecule has 0 unspecified atom stereocenters. The lowest BCUT2D eigenvalue weighted by Gasteiger charge is -1.90. The zero-order chi connectivity index (χ0) is 14.0. The molecule has 0 aliphatic rings. The van der Waals surface area contributed by atoms with Crippen molar-refractivity contribution in [3.8, 4) is 5.75 Å². The molecule has 0 aliphatic heterocycles. The maximum absolute atomic E-state index is 8.76. The first-order valence-electron chi connectivity index (χ1n) is 6.37. The van der Waals surface area contributed by atoms with Crippen LogP contribution in [0.2, 0.25) is 0 Å². The molecule has 1 N–H and O–H groups in total. The Morgan fingerprint density at radius 2 is 1.11 bits per heavy atom. The largest absolute Gasteiger partial charge is 0.508 e. The maximum Gasteiger partial charge on any atom is 0.115 e. The summed E-state index contributed by atoms with van der Waals surface area (Å²) >= 11 is 0. The minimum absolute atomic E-state index is 0.329. The van der Waals surface area contributed by atoms with Crippen molar-refractivity contribution in [2.24, 2.45) is 0 Å². The van der Waals surface area contributed by atoms with Gasteiger partial charge in [0.2, 0.25) is 0 Å². The van der Waals surface area contributed by atoms with Crippen LogP contribution in [-0.2, 0) is 0 Å². The van der Waals surface area contributed by atoms with Crippen LogP contribution in [0, 0.1) is 20.8 Å². The fourth-order valence-electron chi connectivity index (χ4n) is 1.35. The molecule has 2 aromatic rings. The highest BCUT2D eigenvalue weighted by atomic mass is 16.3. The lowest BCUT2D eigenvalue weighted by Crippen LogP contribution is -1.71. The topological polar surface area (TPSA) is 20.2 Å². The summed E-state index contributed by atoms with van der Waals surface area (Å²) in [6.45, 7) is 10.2. The lowest BCUT2D eigenvalue weighted by atomic mass is 10.2. The van der Waals surface area contributed by atoms with E-state index >= 15 is 0 Å². The Labute approximate surface area is 111 Å². The molecule has 0 saturated carbocycles. The third-order valence-electron chi connectivity index (χ3n) is 2.21. The molecular weight excluding hydrogens is 220 g/mol.